The van der Waals surface area contributed by atoms with Crippen molar-refractivity contribution in [1.29, 1.82) is 0 Å². The van der Waals surface area contributed by atoms with Crippen molar-refractivity contribution in [3.05, 3.63) is 36.7 Å². The Labute approximate surface area is 197 Å². The number of alkyl halides is 2. The fourth-order valence-electron chi connectivity index (χ4n) is 3.39. The van der Waals surface area contributed by atoms with E-state index in [1.807, 2.05) is 0 Å². The highest BCUT2D eigenvalue weighted by atomic mass is 32.2. The summed E-state index contributed by atoms with van der Waals surface area (Å²) in [6, 6.07) is 3.10. The second kappa shape index (κ2) is 9.24. The van der Waals surface area contributed by atoms with Crippen LogP contribution in [0.2, 0.25) is 0 Å². The van der Waals surface area contributed by atoms with Gasteiger partial charge in [-0.1, -0.05) is 0 Å². The van der Waals surface area contributed by atoms with Gasteiger partial charge in [-0.3, -0.25) is 0 Å². The Bertz CT molecular complexity index is 1450. The highest BCUT2D eigenvalue weighted by Gasteiger charge is 2.27. The summed E-state index contributed by atoms with van der Waals surface area (Å²) >= 11 is 0. The number of aromatic nitrogens is 6. The molecule has 0 saturated heterocycles. The second-order valence-corrected chi connectivity index (χ2v) is 9.70. The van der Waals surface area contributed by atoms with Gasteiger partial charge in [0.25, 0.3) is 11.8 Å². The summed E-state index contributed by atoms with van der Waals surface area (Å²) in [4.78, 5) is 12.5. The molecule has 3 aromatic heterocycles. The first-order chi connectivity index (χ1) is 16.8. The monoisotopic (exact) mass is 506 g/mol. The molecule has 0 aliphatic heterocycles. The van der Waals surface area contributed by atoms with Crippen LogP contribution in [-0.2, 0) is 16.6 Å². The van der Waals surface area contributed by atoms with Gasteiger partial charge in [-0.2, -0.15) is 8.78 Å². The number of nitrogens with zero attached hydrogens (tertiary/aromatic N) is 6. The number of imidazole rings is 1. The van der Waals surface area contributed by atoms with Crippen LogP contribution >= 0.6 is 0 Å². The molecule has 12 nitrogen and oxygen atoms in total. The summed E-state index contributed by atoms with van der Waals surface area (Å²) in [5.74, 6) is -0.504. The van der Waals surface area contributed by atoms with Crippen molar-refractivity contribution in [2.24, 2.45) is 5.92 Å². The Balaban J connectivity index is 1.45. The Morgan fingerprint density at radius 2 is 1.94 bits per heavy atom. The van der Waals surface area contributed by atoms with Crippen molar-refractivity contribution in [2.45, 2.75) is 30.7 Å². The smallest absolute Gasteiger partial charge is 0.314 e. The molecule has 0 bridgehead atoms. The number of sulfonamides is 1. The summed E-state index contributed by atoms with van der Waals surface area (Å²) in [5, 5.41) is 19.1. The van der Waals surface area contributed by atoms with Gasteiger partial charge in [-0.05, 0) is 30.9 Å². The molecule has 0 radical (unpaired) electrons. The van der Waals surface area contributed by atoms with Gasteiger partial charge in [0.15, 0.2) is 0 Å². The number of rotatable bonds is 10. The van der Waals surface area contributed by atoms with Crippen LogP contribution in [0.5, 0.6) is 0 Å². The van der Waals surface area contributed by atoms with Crippen LogP contribution < -0.4 is 10.0 Å². The summed E-state index contributed by atoms with van der Waals surface area (Å²) in [6.45, 7) is 0.427. The third-order valence-corrected chi connectivity index (χ3v) is 6.80. The zero-order chi connectivity index (χ0) is 24.6. The fraction of sp³-hybridized carbons (Fsp3) is 0.350. The van der Waals surface area contributed by atoms with Crippen molar-refractivity contribution >= 4 is 32.7 Å². The minimum Gasteiger partial charge on any atom is -0.415 e. The fourth-order valence-corrected chi connectivity index (χ4v) is 4.70. The van der Waals surface area contributed by atoms with Gasteiger partial charge < -0.3 is 19.4 Å². The van der Waals surface area contributed by atoms with Gasteiger partial charge in [-0.25, -0.2) is 28.1 Å². The van der Waals surface area contributed by atoms with E-state index < -0.39 is 22.3 Å². The van der Waals surface area contributed by atoms with E-state index in [1.165, 1.54) is 24.8 Å². The average Bonchev–Trinajstić information content (AvgIpc) is 3.38. The number of nitrogens with one attached hydrogen (secondary N) is 2. The van der Waals surface area contributed by atoms with E-state index >= 15 is 0 Å². The number of anilines is 2. The number of hydrogen-bond donors (Lipinski definition) is 3. The summed E-state index contributed by atoms with van der Waals surface area (Å²) < 4.78 is 60.6. The molecule has 15 heteroatoms. The molecule has 3 heterocycles. The van der Waals surface area contributed by atoms with E-state index in [9.17, 15) is 22.3 Å². The second-order valence-electron chi connectivity index (χ2n) is 7.97. The van der Waals surface area contributed by atoms with Crippen LogP contribution in [0, 0.1) is 5.92 Å². The maximum atomic E-state index is 13.1. The standard InChI is InChI=1S/C20H20F2N8O4S/c21-17(22)19-29-28-18(34-19)12-8-23-20(24-9-12)27-13-5-14-16(25-10-30(14)3-4-31)15(6-13)35(32,33)26-7-11-1-2-11/h5-6,8-11,17,26,31H,1-4,7H2,(H,23,24,27). The molecule has 0 unspecified atom stereocenters. The van der Waals surface area contributed by atoms with Crippen molar-refractivity contribution in [1.82, 2.24) is 34.4 Å². The first kappa shape index (κ1) is 23.2. The predicted molar refractivity (Wildman–Crippen MR) is 118 cm³/mol. The Morgan fingerprint density at radius 3 is 2.60 bits per heavy atom. The quantitative estimate of drug-likeness (QED) is 0.291. The molecule has 1 aliphatic rings. The van der Waals surface area contributed by atoms with E-state index in [4.69, 9.17) is 4.42 Å². The zero-order valence-electron chi connectivity index (χ0n) is 18.1. The number of aliphatic hydroxyl groups excluding tert-OH is 1. The van der Waals surface area contributed by atoms with E-state index in [2.05, 4.69) is 35.2 Å². The first-order valence-electron chi connectivity index (χ1n) is 10.6. The van der Waals surface area contributed by atoms with E-state index in [1.54, 1.807) is 10.6 Å². The van der Waals surface area contributed by atoms with Gasteiger partial charge in [0.1, 0.15) is 10.4 Å². The Hall–Kier alpha value is -3.56. The lowest BCUT2D eigenvalue weighted by molar-refractivity contribution is 0.116. The topological polar surface area (TPSA) is 161 Å². The molecule has 1 saturated carbocycles. The maximum Gasteiger partial charge on any atom is 0.314 e. The summed E-state index contributed by atoms with van der Waals surface area (Å²) in [6.07, 6.45) is 3.17. The zero-order valence-corrected chi connectivity index (χ0v) is 18.9. The molecule has 1 aliphatic carbocycles. The molecule has 0 spiro atoms. The third kappa shape index (κ3) is 4.96. The molecule has 0 amide bonds. The van der Waals surface area contributed by atoms with Crippen LogP contribution in [0.1, 0.15) is 25.2 Å². The van der Waals surface area contributed by atoms with E-state index in [-0.39, 0.29) is 41.0 Å². The predicted octanol–water partition coefficient (Wildman–Crippen LogP) is 2.24. The van der Waals surface area contributed by atoms with Crippen molar-refractivity contribution in [3.63, 3.8) is 0 Å². The molecule has 35 heavy (non-hydrogen) atoms. The van der Waals surface area contributed by atoms with Crippen LogP contribution in [0.25, 0.3) is 22.5 Å². The van der Waals surface area contributed by atoms with Gasteiger partial charge in [0.2, 0.25) is 16.0 Å². The van der Waals surface area contributed by atoms with Gasteiger partial charge >= 0.3 is 6.43 Å². The molecule has 1 fully saturated rings. The van der Waals surface area contributed by atoms with Gasteiger partial charge in [0.05, 0.1) is 24.0 Å². The van der Waals surface area contributed by atoms with Crippen LogP contribution in [-0.4, -0.2) is 56.4 Å². The van der Waals surface area contributed by atoms with Gasteiger partial charge in [0, 0.05) is 31.2 Å². The first-order valence-corrected chi connectivity index (χ1v) is 12.1. The molecule has 1 aromatic carbocycles. The number of benzene rings is 1. The Morgan fingerprint density at radius 1 is 1.17 bits per heavy atom. The van der Waals surface area contributed by atoms with Crippen LogP contribution in [0.3, 0.4) is 0 Å². The molecule has 5 rings (SSSR count). The minimum atomic E-state index is -3.86. The third-order valence-electron chi connectivity index (χ3n) is 5.36. The molecule has 0 atom stereocenters. The average molecular weight is 506 g/mol. The molecular formula is C20H20F2N8O4S. The lowest BCUT2D eigenvalue weighted by Gasteiger charge is -2.11. The van der Waals surface area contributed by atoms with E-state index in [0.29, 0.717) is 23.7 Å². The lowest BCUT2D eigenvalue weighted by Crippen LogP contribution is -2.26. The number of hydrogen-bond acceptors (Lipinski definition) is 10. The Kier molecular flexibility index (Phi) is 6.12. The molecule has 3 N–H and O–H groups in total. The lowest BCUT2D eigenvalue weighted by atomic mass is 10.2. The normalized spacial score (nSPS) is 14.2. The highest BCUT2D eigenvalue weighted by molar-refractivity contribution is 7.89. The number of halogens is 2. The van der Waals surface area contributed by atoms with Gasteiger partial charge in [-0.15, -0.1) is 10.2 Å². The van der Waals surface area contributed by atoms with Crippen LogP contribution in [0.15, 0.2) is 40.2 Å². The van der Waals surface area contributed by atoms with Crippen molar-refractivity contribution in [3.8, 4) is 11.5 Å². The molecular weight excluding hydrogens is 486 g/mol. The largest absolute Gasteiger partial charge is 0.415 e. The highest BCUT2D eigenvalue weighted by Crippen LogP contribution is 2.31. The van der Waals surface area contributed by atoms with Crippen molar-refractivity contribution in [2.75, 3.05) is 18.5 Å². The minimum absolute atomic E-state index is 0.0168. The summed E-state index contributed by atoms with van der Waals surface area (Å²) in [5.41, 5.74) is 1.38. The number of aliphatic hydroxyl groups is 1. The maximum absolute atomic E-state index is 13.1. The van der Waals surface area contributed by atoms with E-state index in [0.717, 1.165) is 12.8 Å². The number of fused-ring (bicyclic) bond motifs is 1. The molecule has 4 aromatic rings. The summed E-state index contributed by atoms with van der Waals surface area (Å²) in [7, 11) is -3.86. The van der Waals surface area contributed by atoms with Crippen LogP contribution in [0.4, 0.5) is 20.4 Å². The SMILES string of the molecule is O=S(=O)(NCC1CC1)c1cc(Nc2ncc(-c3nnc(C(F)F)o3)cn2)cc2c1ncn2CCO. The molecule has 184 valence electrons. The van der Waals surface area contributed by atoms with Crippen molar-refractivity contribution < 1.29 is 26.7 Å².